The maximum atomic E-state index is 6.77. The van der Waals surface area contributed by atoms with Crippen LogP contribution in [0.3, 0.4) is 0 Å². The van der Waals surface area contributed by atoms with Crippen LogP contribution in [0.4, 0.5) is 11.4 Å². The summed E-state index contributed by atoms with van der Waals surface area (Å²) < 4.78 is 10.9. The van der Waals surface area contributed by atoms with Gasteiger partial charge in [-0.15, -0.1) is 12.0 Å². The molecule has 3 aliphatic rings. The van der Waals surface area contributed by atoms with Crippen LogP contribution < -0.4 is 21.6 Å². The number of hydrazine groups is 2. The molecule has 2 aromatic heterocycles. The van der Waals surface area contributed by atoms with Gasteiger partial charge in [-0.1, -0.05) is 23.6 Å². The summed E-state index contributed by atoms with van der Waals surface area (Å²) >= 11 is 6.77. The minimum atomic E-state index is -0.212. The predicted molar refractivity (Wildman–Crippen MR) is 144 cm³/mol. The van der Waals surface area contributed by atoms with Gasteiger partial charge in [0.25, 0.3) is 0 Å². The summed E-state index contributed by atoms with van der Waals surface area (Å²) in [5, 5.41) is 10.8. The molecule has 0 unspecified atom stereocenters. The number of aromatic nitrogens is 2. The number of terminal acetylenes is 1. The molecule has 2 saturated heterocycles. The van der Waals surface area contributed by atoms with Crippen LogP contribution in [0.15, 0.2) is 54.8 Å². The lowest BCUT2D eigenvalue weighted by molar-refractivity contribution is -0.0635. The van der Waals surface area contributed by atoms with Crippen molar-refractivity contribution >= 4 is 33.9 Å². The second kappa shape index (κ2) is 10.4. The third-order valence-electron chi connectivity index (χ3n) is 6.91. The van der Waals surface area contributed by atoms with Gasteiger partial charge in [0.05, 0.1) is 52.8 Å². The summed E-state index contributed by atoms with van der Waals surface area (Å²) in [6, 6.07) is 8.27. The Labute approximate surface area is 220 Å². The van der Waals surface area contributed by atoms with Gasteiger partial charge in [-0.2, -0.15) is 0 Å². The average molecular weight is 518 g/mol. The summed E-state index contributed by atoms with van der Waals surface area (Å²) in [5.41, 5.74) is 11.6. The van der Waals surface area contributed by atoms with E-state index < -0.39 is 0 Å². The highest BCUT2D eigenvalue weighted by atomic mass is 35.5. The predicted octanol–water partition coefficient (Wildman–Crippen LogP) is 3.57. The van der Waals surface area contributed by atoms with E-state index in [-0.39, 0.29) is 12.1 Å². The maximum Gasteiger partial charge on any atom is 0.0959 e. The summed E-state index contributed by atoms with van der Waals surface area (Å²) in [4.78, 5) is 8.92. The molecule has 3 aliphatic heterocycles. The van der Waals surface area contributed by atoms with E-state index >= 15 is 0 Å². The van der Waals surface area contributed by atoms with Crippen molar-refractivity contribution in [3.05, 3.63) is 70.9 Å². The number of hydrogen-bond donors (Lipinski definition) is 4. The highest BCUT2D eigenvalue weighted by Crippen LogP contribution is 2.36. The Hall–Kier alpha value is -3.55. The van der Waals surface area contributed by atoms with E-state index in [2.05, 4.69) is 49.7 Å². The van der Waals surface area contributed by atoms with E-state index in [0.717, 1.165) is 54.1 Å². The quantitative estimate of drug-likeness (QED) is 0.351. The molecule has 9 nitrogen and oxygen atoms in total. The highest BCUT2D eigenvalue weighted by molar-refractivity contribution is 6.35. The Bertz CT molecular complexity index is 1350. The van der Waals surface area contributed by atoms with E-state index in [4.69, 9.17) is 27.5 Å². The van der Waals surface area contributed by atoms with Gasteiger partial charge in [-0.25, -0.2) is 0 Å². The normalized spacial score (nSPS) is 19.0. The van der Waals surface area contributed by atoms with Gasteiger partial charge in [-0.3, -0.25) is 15.0 Å². The minimum absolute atomic E-state index is 0.212. The number of anilines is 2. The summed E-state index contributed by atoms with van der Waals surface area (Å²) in [5.74, 6) is 2.78. The van der Waals surface area contributed by atoms with Crippen LogP contribution in [0.5, 0.6) is 0 Å². The van der Waals surface area contributed by atoms with E-state index in [9.17, 15) is 0 Å². The monoisotopic (exact) mass is 517 g/mol. The molecular formula is C27H28ClN7O2. The first-order valence-corrected chi connectivity index (χ1v) is 12.8. The highest BCUT2D eigenvalue weighted by Gasteiger charge is 2.30. The van der Waals surface area contributed by atoms with E-state index in [0.29, 0.717) is 35.4 Å². The Kier molecular flexibility index (Phi) is 6.72. The number of nitrogens with zero attached hydrogens (tertiary/aromatic N) is 3. The van der Waals surface area contributed by atoms with Crippen molar-refractivity contribution in [2.75, 3.05) is 37.1 Å². The number of halogens is 1. The Morgan fingerprint density at radius 2 is 2.05 bits per heavy atom. The molecule has 0 radical (unpaired) electrons. The van der Waals surface area contributed by atoms with Crippen LogP contribution in [0, 0.1) is 12.3 Å². The lowest BCUT2D eigenvalue weighted by Gasteiger charge is -2.33. The molecule has 0 spiro atoms. The zero-order valence-electron chi connectivity index (χ0n) is 20.2. The molecule has 3 aromatic rings. The Balaban J connectivity index is 1.37. The SMILES string of the molecule is C#Cc1cnc2c(Cl)cc(N[C@H](C3=CN(C4COC4)NN3)c3cccnc3)cc2c1NC1CCOCC1. The molecule has 37 heavy (non-hydrogen) atoms. The van der Waals surface area contributed by atoms with E-state index in [1.54, 1.807) is 12.4 Å². The van der Waals surface area contributed by atoms with Crippen molar-refractivity contribution < 1.29 is 9.47 Å². The first-order valence-electron chi connectivity index (χ1n) is 12.4. The summed E-state index contributed by atoms with van der Waals surface area (Å²) in [6.07, 6.45) is 15.1. The first-order chi connectivity index (χ1) is 18.2. The van der Waals surface area contributed by atoms with E-state index in [1.807, 2.05) is 29.4 Å². The van der Waals surface area contributed by atoms with Crippen LogP contribution >= 0.6 is 11.6 Å². The second-order valence-electron chi connectivity index (χ2n) is 9.36. The molecule has 10 heteroatoms. The van der Waals surface area contributed by atoms with Crippen LogP contribution in [0.25, 0.3) is 10.9 Å². The van der Waals surface area contributed by atoms with Crippen molar-refractivity contribution in [1.29, 1.82) is 0 Å². The van der Waals surface area contributed by atoms with Crippen LogP contribution in [0.2, 0.25) is 5.02 Å². The van der Waals surface area contributed by atoms with Gasteiger partial charge < -0.3 is 25.5 Å². The molecular weight excluding hydrogens is 490 g/mol. The van der Waals surface area contributed by atoms with Crippen molar-refractivity contribution in [2.24, 2.45) is 0 Å². The largest absolute Gasteiger partial charge is 0.381 e. The number of hydrogen-bond acceptors (Lipinski definition) is 9. The topological polar surface area (TPSA) is 95.6 Å². The second-order valence-corrected chi connectivity index (χ2v) is 9.77. The fraction of sp³-hybridized carbons (Fsp3) is 0.333. The lowest BCUT2D eigenvalue weighted by atomic mass is 10.0. The third kappa shape index (κ3) is 4.89. The molecule has 2 fully saturated rings. The van der Waals surface area contributed by atoms with Crippen molar-refractivity contribution in [2.45, 2.75) is 31.0 Å². The van der Waals surface area contributed by atoms with Crippen LogP contribution in [-0.4, -0.2) is 53.5 Å². The number of ether oxygens (including phenoxy) is 2. The van der Waals surface area contributed by atoms with Crippen molar-refractivity contribution in [1.82, 2.24) is 25.9 Å². The standard InChI is InChI=1S/C27H28ClN7O2/c1-2-17-13-30-27-22(25(17)31-19-5-8-36-9-6-19)10-20(11-23(27)28)32-26(18-4-3-7-29-12-18)24-14-35(34-33-24)21-15-37-16-21/h1,3-4,7,10-14,19,21,26,32-34H,5-6,8-9,15-16H2,(H,30,31)/t26-/m0/s1. The fourth-order valence-corrected chi connectivity index (χ4v) is 5.05. The molecule has 0 bridgehead atoms. The molecule has 1 atom stereocenters. The third-order valence-corrected chi connectivity index (χ3v) is 7.20. The van der Waals surface area contributed by atoms with Crippen LogP contribution in [-0.2, 0) is 9.47 Å². The Morgan fingerprint density at radius 1 is 1.19 bits per heavy atom. The van der Waals surface area contributed by atoms with Crippen LogP contribution in [0.1, 0.15) is 30.0 Å². The van der Waals surface area contributed by atoms with Gasteiger partial charge in [0.2, 0.25) is 0 Å². The molecule has 0 saturated carbocycles. The molecule has 190 valence electrons. The molecule has 6 rings (SSSR count). The number of rotatable bonds is 7. The number of nitrogens with one attached hydrogen (secondary N) is 4. The summed E-state index contributed by atoms with van der Waals surface area (Å²) in [7, 11) is 0. The van der Waals surface area contributed by atoms with Gasteiger partial charge in [0.15, 0.2) is 0 Å². The molecule has 1 aromatic carbocycles. The van der Waals surface area contributed by atoms with Crippen molar-refractivity contribution in [3.8, 4) is 12.3 Å². The smallest absolute Gasteiger partial charge is 0.0959 e. The fourth-order valence-electron chi connectivity index (χ4n) is 4.78. The Morgan fingerprint density at radius 3 is 2.78 bits per heavy atom. The number of fused-ring (bicyclic) bond motifs is 1. The van der Waals surface area contributed by atoms with E-state index in [1.165, 1.54) is 0 Å². The zero-order chi connectivity index (χ0) is 25.2. The number of pyridine rings is 2. The van der Waals surface area contributed by atoms with Gasteiger partial charge >= 0.3 is 0 Å². The van der Waals surface area contributed by atoms with Gasteiger partial charge in [0, 0.05) is 55.1 Å². The zero-order valence-corrected chi connectivity index (χ0v) is 21.0. The number of benzene rings is 1. The van der Waals surface area contributed by atoms with Crippen molar-refractivity contribution in [3.63, 3.8) is 0 Å². The molecule has 4 N–H and O–H groups in total. The maximum absolute atomic E-state index is 6.77. The van der Waals surface area contributed by atoms with Gasteiger partial charge in [0.1, 0.15) is 0 Å². The van der Waals surface area contributed by atoms with Gasteiger partial charge in [-0.05, 0) is 36.6 Å². The first kappa shape index (κ1) is 23.8. The molecule has 0 amide bonds. The minimum Gasteiger partial charge on any atom is -0.381 e. The summed E-state index contributed by atoms with van der Waals surface area (Å²) in [6.45, 7) is 2.84. The molecule has 0 aliphatic carbocycles. The lowest BCUT2D eigenvalue weighted by Crippen LogP contribution is -2.52. The average Bonchev–Trinajstić information content (AvgIpc) is 3.37. The molecule has 5 heterocycles.